The van der Waals surface area contributed by atoms with Crippen molar-refractivity contribution in [1.29, 1.82) is 0 Å². The third-order valence-corrected chi connectivity index (χ3v) is 5.77. The molecule has 0 radical (unpaired) electrons. The number of rotatable bonds is 9. The maximum atomic E-state index is 12.8. The molecule has 0 unspecified atom stereocenters. The minimum absolute atomic E-state index is 0.148. The predicted octanol–water partition coefficient (Wildman–Crippen LogP) is 1.52. The van der Waals surface area contributed by atoms with Gasteiger partial charge >= 0.3 is 0 Å². The lowest BCUT2D eigenvalue weighted by molar-refractivity contribution is -0.107. The number of morpholine rings is 1. The maximum absolute atomic E-state index is 12.8. The van der Waals surface area contributed by atoms with Crippen LogP contribution in [0.3, 0.4) is 0 Å². The molecule has 0 bridgehead atoms. The molecule has 2 heterocycles. The molecular weight excluding hydrogens is 338 g/mol. The second kappa shape index (κ2) is 9.26. The van der Waals surface area contributed by atoms with Crippen molar-refractivity contribution in [3.63, 3.8) is 0 Å². The van der Waals surface area contributed by atoms with Crippen molar-refractivity contribution in [3.05, 3.63) is 22.2 Å². The van der Waals surface area contributed by atoms with Gasteiger partial charge in [0.2, 0.25) is 0 Å². The summed E-state index contributed by atoms with van der Waals surface area (Å²) in [6, 6.07) is 1.06. The van der Waals surface area contributed by atoms with Crippen molar-refractivity contribution >= 4 is 20.2 Å². The van der Waals surface area contributed by atoms with Crippen LogP contribution in [0, 0.1) is 0 Å². The molecule has 25 heavy (non-hydrogen) atoms. The lowest BCUT2D eigenvalue weighted by atomic mass is 10.2. The van der Waals surface area contributed by atoms with E-state index in [9.17, 15) is 9.59 Å². The Morgan fingerprint density at radius 2 is 2.04 bits per heavy atom. The second-order valence-corrected chi connectivity index (χ2v) is 13.1. The number of aldehydes is 1. The highest BCUT2D eigenvalue weighted by molar-refractivity contribution is 6.76. The van der Waals surface area contributed by atoms with E-state index in [0.29, 0.717) is 51.6 Å². The number of hydrogen-bond donors (Lipinski definition) is 0. The van der Waals surface area contributed by atoms with Crippen LogP contribution in [0.5, 0.6) is 0 Å². The average molecular weight is 368 g/mol. The molecular formula is C17H29N3O4Si. The van der Waals surface area contributed by atoms with Gasteiger partial charge in [-0.05, 0) is 12.5 Å². The van der Waals surface area contributed by atoms with E-state index in [4.69, 9.17) is 9.47 Å². The first-order chi connectivity index (χ1) is 11.9. The molecule has 0 saturated carbocycles. The summed E-state index contributed by atoms with van der Waals surface area (Å²) in [4.78, 5) is 29.9. The van der Waals surface area contributed by atoms with Gasteiger partial charge < -0.3 is 19.2 Å². The molecule has 140 valence electrons. The summed E-state index contributed by atoms with van der Waals surface area (Å²) in [7, 11) is -1.16. The Labute approximate surface area is 150 Å². The number of carbonyl (C=O) groups is 1. The predicted molar refractivity (Wildman–Crippen MR) is 100 cm³/mol. The van der Waals surface area contributed by atoms with Crippen LogP contribution < -0.4 is 10.5 Å². The Balaban J connectivity index is 2.15. The number of aryl methyl sites for hydroxylation is 1. The van der Waals surface area contributed by atoms with Crippen LogP contribution in [-0.2, 0) is 27.4 Å². The van der Waals surface area contributed by atoms with Gasteiger partial charge in [0.25, 0.3) is 5.56 Å². The molecule has 0 N–H and O–H groups in total. The zero-order valence-electron chi connectivity index (χ0n) is 15.5. The van der Waals surface area contributed by atoms with Crippen LogP contribution in [-0.4, -0.2) is 56.8 Å². The first kappa shape index (κ1) is 19.8. The first-order valence-corrected chi connectivity index (χ1v) is 12.6. The molecule has 1 fully saturated rings. The number of hydrogen-bond acceptors (Lipinski definition) is 6. The molecule has 1 aliphatic rings. The Morgan fingerprint density at radius 1 is 1.32 bits per heavy atom. The molecule has 8 heteroatoms. The summed E-state index contributed by atoms with van der Waals surface area (Å²) < 4.78 is 12.7. The van der Waals surface area contributed by atoms with Crippen LogP contribution in [0.25, 0.3) is 0 Å². The quantitative estimate of drug-likeness (QED) is 0.374. The van der Waals surface area contributed by atoms with Gasteiger partial charge in [0, 0.05) is 40.4 Å². The fraction of sp³-hybridized carbons (Fsp3) is 0.706. The molecule has 0 aliphatic carbocycles. The minimum atomic E-state index is -1.16. The SMILES string of the molecule is C[Si](C)(C)CCOCn1cc(CCC=O)nc(N2CCOCC2)c1=O. The summed E-state index contributed by atoms with van der Waals surface area (Å²) in [5, 5.41) is 0. The topological polar surface area (TPSA) is 73.7 Å². The Hall–Kier alpha value is -1.51. The number of anilines is 1. The molecule has 0 aromatic carbocycles. The fourth-order valence-electron chi connectivity index (χ4n) is 2.53. The van der Waals surface area contributed by atoms with Crippen molar-refractivity contribution in [3.8, 4) is 0 Å². The van der Waals surface area contributed by atoms with E-state index in [1.807, 2.05) is 4.90 Å². The normalized spacial score (nSPS) is 15.4. The zero-order chi connectivity index (χ0) is 18.3. The van der Waals surface area contributed by atoms with Gasteiger partial charge in [0.15, 0.2) is 5.82 Å². The van der Waals surface area contributed by atoms with Gasteiger partial charge in [-0.25, -0.2) is 4.98 Å². The van der Waals surface area contributed by atoms with Crippen LogP contribution in [0.15, 0.2) is 11.0 Å². The van der Waals surface area contributed by atoms with Gasteiger partial charge in [-0.1, -0.05) is 19.6 Å². The molecule has 1 aromatic heterocycles. The Bertz CT molecular complexity index is 621. The van der Waals surface area contributed by atoms with Gasteiger partial charge in [0.1, 0.15) is 13.0 Å². The molecule has 2 rings (SSSR count). The number of nitrogens with zero attached hydrogens (tertiary/aromatic N) is 3. The van der Waals surface area contributed by atoms with Crippen LogP contribution in [0.1, 0.15) is 12.1 Å². The minimum Gasteiger partial charge on any atom is -0.378 e. The fourth-order valence-corrected chi connectivity index (χ4v) is 3.28. The van der Waals surface area contributed by atoms with Crippen LogP contribution in [0.4, 0.5) is 5.82 Å². The lowest BCUT2D eigenvalue weighted by Gasteiger charge is -2.28. The van der Waals surface area contributed by atoms with E-state index in [1.165, 1.54) is 0 Å². The highest BCUT2D eigenvalue weighted by Crippen LogP contribution is 2.11. The third-order valence-electron chi connectivity index (χ3n) is 4.06. The molecule has 0 atom stereocenters. The maximum Gasteiger partial charge on any atom is 0.295 e. The summed E-state index contributed by atoms with van der Waals surface area (Å²) in [5.41, 5.74) is 0.590. The largest absolute Gasteiger partial charge is 0.378 e. The third kappa shape index (κ3) is 6.37. The second-order valence-electron chi connectivity index (χ2n) is 7.48. The number of aromatic nitrogens is 2. The van der Waals surface area contributed by atoms with Crippen molar-refractivity contribution in [2.24, 2.45) is 0 Å². The molecule has 0 amide bonds. The smallest absolute Gasteiger partial charge is 0.295 e. The average Bonchev–Trinajstić information content (AvgIpc) is 2.58. The zero-order valence-corrected chi connectivity index (χ0v) is 16.5. The van der Waals surface area contributed by atoms with E-state index in [-0.39, 0.29) is 12.3 Å². The first-order valence-electron chi connectivity index (χ1n) is 8.85. The van der Waals surface area contributed by atoms with E-state index in [0.717, 1.165) is 18.0 Å². The number of ether oxygens (including phenoxy) is 2. The molecule has 7 nitrogen and oxygen atoms in total. The standard InChI is InChI=1S/C17H29N3O4Si/c1-25(2,3)12-11-24-14-20-13-15(5-4-8-21)18-16(17(20)22)19-6-9-23-10-7-19/h8,13H,4-7,9-12,14H2,1-3H3. The van der Waals surface area contributed by atoms with Gasteiger partial charge in [-0.15, -0.1) is 0 Å². The van der Waals surface area contributed by atoms with E-state index in [2.05, 4.69) is 24.6 Å². The molecule has 1 aliphatic heterocycles. The van der Waals surface area contributed by atoms with Gasteiger partial charge in [-0.2, -0.15) is 0 Å². The van der Waals surface area contributed by atoms with Crippen molar-refractivity contribution in [1.82, 2.24) is 9.55 Å². The van der Waals surface area contributed by atoms with Crippen LogP contribution >= 0.6 is 0 Å². The number of carbonyl (C=O) groups excluding carboxylic acids is 1. The molecule has 0 spiro atoms. The highest BCUT2D eigenvalue weighted by Gasteiger charge is 2.19. The Morgan fingerprint density at radius 3 is 2.68 bits per heavy atom. The van der Waals surface area contributed by atoms with Gasteiger partial charge in [-0.3, -0.25) is 9.36 Å². The van der Waals surface area contributed by atoms with E-state index < -0.39 is 8.07 Å². The molecule has 1 aromatic rings. The van der Waals surface area contributed by atoms with Crippen molar-refractivity contribution < 1.29 is 14.3 Å². The van der Waals surface area contributed by atoms with Gasteiger partial charge in [0.05, 0.1) is 18.9 Å². The van der Waals surface area contributed by atoms with E-state index >= 15 is 0 Å². The monoisotopic (exact) mass is 367 g/mol. The lowest BCUT2D eigenvalue weighted by Crippen LogP contribution is -2.41. The molecule has 1 saturated heterocycles. The van der Waals surface area contributed by atoms with E-state index in [1.54, 1.807) is 10.8 Å². The summed E-state index contributed by atoms with van der Waals surface area (Å²) in [6.45, 7) is 10.2. The van der Waals surface area contributed by atoms with Crippen molar-refractivity contribution in [2.45, 2.75) is 45.3 Å². The summed E-state index contributed by atoms with van der Waals surface area (Å²) in [6.07, 6.45) is 3.50. The summed E-state index contributed by atoms with van der Waals surface area (Å²) >= 11 is 0. The summed E-state index contributed by atoms with van der Waals surface area (Å²) in [5.74, 6) is 0.431. The van der Waals surface area contributed by atoms with Crippen molar-refractivity contribution in [2.75, 3.05) is 37.8 Å². The highest BCUT2D eigenvalue weighted by atomic mass is 28.3. The Kier molecular flexibility index (Phi) is 7.34. The van der Waals surface area contributed by atoms with Crippen LogP contribution in [0.2, 0.25) is 25.7 Å².